The number of amides is 3. The Kier molecular flexibility index (Phi) is 7.34. The number of carbonyl (C=O) groups is 2. The molecule has 1 saturated carbocycles. The molecule has 2 heterocycles. The van der Waals surface area contributed by atoms with E-state index < -0.39 is 11.3 Å². The van der Waals surface area contributed by atoms with Crippen molar-refractivity contribution in [2.45, 2.75) is 75.2 Å². The number of carbonyl (C=O) groups excluding carboxylic acids is 2. The molecular weight excluding hydrogens is 424 g/mol. The normalized spacial score (nSPS) is 17.9. The average molecular weight is 457 g/mol. The van der Waals surface area contributed by atoms with Crippen LogP contribution >= 0.6 is 11.8 Å². The summed E-state index contributed by atoms with van der Waals surface area (Å²) < 4.78 is 2.02. The van der Waals surface area contributed by atoms with E-state index in [1.807, 2.05) is 16.7 Å². The molecule has 1 aromatic carbocycles. The fourth-order valence-electron chi connectivity index (χ4n) is 4.27. The lowest BCUT2D eigenvalue weighted by atomic mass is 9.96. The summed E-state index contributed by atoms with van der Waals surface area (Å²) in [4.78, 5) is 27.2. The first kappa shape index (κ1) is 22.6. The van der Waals surface area contributed by atoms with Gasteiger partial charge >= 0.3 is 6.03 Å². The fourth-order valence-corrected chi connectivity index (χ4v) is 5.14. The highest BCUT2D eigenvalue weighted by molar-refractivity contribution is 8.00. The van der Waals surface area contributed by atoms with Crippen molar-refractivity contribution in [3.8, 4) is 5.69 Å². The van der Waals surface area contributed by atoms with Gasteiger partial charge in [0.1, 0.15) is 0 Å². The van der Waals surface area contributed by atoms with Crippen molar-refractivity contribution in [3.63, 3.8) is 0 Å². The van der Waals surface area contributed by atoms with E-state index >= 15 is 0 Å². The minimum absolute atomic E-state index is 0.159. The van der Waals surface area contributed by atoms with Gasteiger partial charge in [-0.1, -0.05) is 48.7 Å². The van der Waals surface area contributed by atoms with Gasteiger partial charge in [0.2, 0.25) is 11.9 Å². The number of imide groups is 1. The maximum Gasteiger partial charge on any atom is 0.321 e. The molecular formula is C23H32N6O2S. The van der Waals surface area contributed by atoms with Gasteiger partial charge in [0.15, 0.2) is 5.16 Å². The van der Waals surface area contributed by atoms with Gasteiger partial charge in [0.05, 0.1) is 10.9 Å². The zero-order chi connectivity index (χ0) is 22.5. The van der Waals surface area contributed by atoms with Gasteiger partial charge in [-0.15, -0.1) is 10.2 Å². The number of urea groups is 1. The number of rotatable bonds is 6. The van der Waals surface area contributed by atoms with Gasteiger partial charge in [-0.3, -0.25) is 14.7 Å². The molecule has 2 fully saturated rings. The lowest BCUT2D eigenvalue weighted by molar-refractivity contribution is -0.119. The van der Waals surface area contributed by atoms with Crippen LogP contribution in [-0.4, -0.2) is 51.1 Å². The van der Waals surface area contributed by atoms with Crippen molar-refractivity contribution in [2.24, 2.45) is 0 Å². The first-order valence-corrected chi connectivity index (χ1v) is 12.4. The minimum atomic E-state index is -0.494. The first-order chi connectivity index (χ1) is 15.5. The van der Waals surface area contributed by atoms with Crippen LogP contribution in [0.1, 0.15) is 57.4 Å². The predicted octanol–water partition coefficient (Wildman–Crippen LogP) is 3.82. The molecule has 1 aromatic heterocycles. The molecule has 172 valence electrons. The van der Waals surface area contributed by atoms with Gasteiger partial charge in [-0.25, -0.2) is 4.79 Å². The summed E-state index contributed by atoms with van der Waals surface area (Å²) >= 11 is 1.32. The zero-order valence-corrected chi connectivity index (χ0v) is 19.7. The zero-order valence-electron chi connectivity index (χ0n) is 18.8. The molecule has 32 heavy (non-hydrogen) atoms. The molecule has 2 aromatic rings. The van der Waals surface area contributed by atoms with Crippen LogP contribution in [0.25, 0.3) is 5.69 Å². The van der Waals surface area contributed by atoms with Gasteiger partial charge < -0.3 is 10.2 Å². The summed E-state index contributed by atoms with van der Waals surface area (Å²) in [7, 11) is 0. The highest BCUT2D eigenvalue weighted by atomic mass is 32.2. The van der Waals surface area contributed by atoms with E-state index in [9.17, 15) is 9.59 Å². The van der Waals surface area contributed by atoms with E-state index in [0.717, 1.165) is 63.3 Å². The van der Waals surface area contributed by atoms with Gasteiger partial charge in [0, 0.05) is 19.1 Å². The van der Waals surface area contributed by atoms with Crippen molar-refractivity contribution in [3.05, 3.63) is 29.8 Å². The van der Waals surface area contributed by atoms with E-state index in [0.29, 0.717) is 5.16 Å². The third-order valence-electron chi connectivity index (χ3n) is 6.13. The third kappa shape index (κ3) is 5.43. The molecule has 1 aliphatic heterocycles. The Morgan fingerprint density at radius 3 is 2.41 bits per heavy atom. The molecule has 1 aliphatic carbocycles. The maximum atomic E-state index is 12.7. The van der Waals surface area contributed by atoms with E-state index in [2.05, 4.69) is 44.8 Å². The molecule has 1 unspecified atom stereocenters. The molecule has 4 rings (SSSR count). The number of hydrogen-bond acceptors (Lipinski definition) is 6. The Bertz CT molecular complexity index is 932. The number of benzene rings is 1. The predicted molar refractivity (Wildman–Crippen MR) is 126 cm³/mol. The van der Waals surface area contributed by atoms with Crippen LogP contribution in [0.2, 0.25) is 0 Å². The summed E-state index contributed by atoms with van der Waals surface area (Å²) in [6, 6.07) is 7.96. The van der Waals surface area contributed by atoms with Gasteiger partial charge in [-0.2, -0.15) is 0 Å². The Morgan fingerprint density at radius 1 is 1.03 bits per heavy atom. The second-order valence-corrected chi connectivity index (χ2v) is 10.0. The number of aryl methyl sites for hydroxylation is 1. The molecule has 1 atom stereocenters. The van der Waals surface area contributed by atoms with E-state index in [-0.39, 0.29) is 11.9 Å². The van der Waals surface area contributed by atoms with Gasteiger partial charge in [0.25, 0.3) is 0 Å². The number of nitrogens with one attached hydrogen (secondary N) is 2. The van der Waals surface area contributed by atoms with Crippen molar-refractivity contribution >= 4 is 29.6 Å². The lowest BCUT2D eigenvalue weighted by Gasteiger charge is -2.23. The highest BCUT2D eigenvalue weighted by Crippen LogP contribution is 2.30. The fraction of sp³-hybridized carbons (Fsp3) is 0.565. The quantitative estimate of drug-likeness (QED) is 0.642. The number of nitrogens with zero attached hydrogens (tertiary/aromatic N) is 4. The average Bonchev–Trinajstić information content (AvgIpc) is 3.45. The Balaban J connectivity index is 1.46. The van der Waals surface area contributed by atoms with Crippen LogP contribution in [0.4, 0.5) is 10.7 Å². The third-order valence-corrected chi connectivity index (χ3v) is 7.17. The number of aromatic nitrogens is 3. The molecule has 3 amide bonds. The van der Waals surface area contributed by atoms with Crippen LogP contribution in [0.5, 0.6) is 0 Å². The largest absolute Gasteiger partial charge is 0.341 e. The van der Waals surface area contributed by atoms with E-state index in [1.54, 1.807) is 6.92 Å². The Hall–Kier alpha value is -2.55. The molecule has 0 radical (unpaired) electrons. The molecule has 2 aliphatic rings. The topological polar surface area (TPSA) is 92.2 Å². The van der Waals surface area contributed by atoms with E-state index in [4.69, 9.17) is 0 Å². The molecule has 8 nitrogen and oxygen atoms in total. The number of anilines is 1. The van der Waals surface area contributed by atoms with Crippen LogP contribution < -0.4 is 15.5 Å². The maximum absolute atomic E-state index is 12.7. The summed E-state index contributed by atoms with van der Waals surface area (Å²) in [5, 5.41) is 14.4. The van der Waals surface area contributed by atoms with E-state index in [1.165, 1.54) is 23.7 Å². The standard InChI is InChI=1S/C23H32N6O2S/c1-16-10-12-19(13-11-16)29-22(28-14-6-7-15-28)26-27-23(29)32-17(2)20(30)25-21(31)24-18-8-4-3-5-9-18/h10-13,17-18H,3-9,14-15H2,1-2H3,(H2,24,25,30,31). The Labute approximate surface area is 193 Å². The monoisotopic (exact) mass is 456 g/mol. The SMILES string of the molecule is Cc1ccc(-n2c(SC(C)C(=O)NC(=O)NC3CCCCC3)nnc2N2CCCC2)cc1. The summed E-state index contributed by atoms with van der Waals surface area (Å²) in [6.07, 6.45) is 7.69. The van der Waals surface area contributed by atoms with Crippen molar-refractivity contribution < 1.29 is 9.59 Å². The Morgan fingerprint density at radius 2 is 1.72 bits per heavy atom. The van der Waals surface area contributed by atoms with Gasteiger partial charge in [-0.05, 0) is 51.7 Å². The lowest BCUT2D eigenvalue weighted by Crippen LogP contribution is -2.47. The second kappa shape index (κ2) is 10.4. The molecule has 2 N–H and O–H groups in total. The minimum Gasteiger partial charge on any atom is -0.341 e. The molecule has 0 bridgehead atoms. The number of hydrogen-bond donors (Lipinski definition) is 2. The van der Waals surface area contributed by atoms with Crippen molar-refractivity contribution in [1.29, 1.82) is 0 Å². The molecule has 9 heteroatoms. The second-order valence-electron chi connectivity index (χ2n) is 8.71. The highest BCUT2D eigenvalue weighted by Gasteiger charge is 2.26. The van der Waals surface area contributed by atoms with Crippen LogP contribution in [0.3, 0.4) is 0 Å². The van der Waals surface area contributed by atoms with Crippen molar-refractivity contribution in [2.75, 3.05) is 18.0 Å². The van der Waals surface area contributed by atoms with Crippen LogP contribution in [-0.2, 0) is 4.79 Å². The smallest absolute Gasteiger partial charge is 0.321 e. The molecule has 1 saturated heterocycles. The van der Waals surface area contributed by atoms with Crippen LogP contribution in [0, 0.1) is 6.92 Å². The summed E-state index contributed by atoms with van der Waals surface area (Å²) in [5.41, 5.74) is 2.14. The molecule has 0 spiro atoms. The van der Waals surface area contributed by atoms with Crippen molar-refractivity contribution in [1.82, 2.24) is 25.4 Å². The summed E-state index contributed by atoms with van der Waals surface area (Å²) in [5.74, 6) is 0.473. The first-order valence-electron chi connectivity index (χ1n) is 11.6. The summed E-state index contributed by atoms with van der Waals surface area (Å²) in [6.45, 7) is 5.74. The number of thioether (sulfide) groups is 1. The van der Waals surface area contributed by atoms with Crippen LogP contribution in [0.15, 0.2) is 29.4 Å².